The number of unbranched alkanes of at least 4 members (excludes halogenated alkanes) is 6. The number of ether oxygens (including phenoxy) is 1. The molecule has 0 saturated heterocycles. The van der Waals surface area contributed by atoms with Crippen molar-refractivity contribution in [3.63, 3.8) is 0 Å². The molecular weight excluding hydrogens is 454 g/mol. The van der Waals surface area contributed by atoms with Gasteiger partial charge in [0.25, 0.3) is 0 Å². The fraction of sp³-hybridized carbons (Fsp3) is 0.621. The number of benzene rings is 1. The van der Waals surface area contributed by atoms with Crippen molar-refractivity contribution in [1.82, 2.24) is 15.5 Å². The molecular formula is C29H45N3O4. The topological polar surface area (TPSA) is 87.7 Å². The van der Waals surface area contributed by atoms with E-state index in [1.165, 1.54) is 6.42 Å². The van der Waals surface area contributed by atoms with Crippen LogP contribution >= 0.6 is 0 Å². The zero-order valence-electron chi connectivity index (χ0n) is 22.8. The van der Waals surface area contributed by atoms with Crippen molar-refractivity contribution in [3.8, 4) is 12.3 Å². The van der Waals surface area contributed by atoms with Gasteiger partial charge in [-0.05, 0) is 51.3 Å². The monoisotopic (exact) mass is 499 g/mol. The summed E-state index contributed by atoms with van der Waals surface area (Å²) in [6.45, 7) is 10.2. The van der Waals surface area contributed by atoms with Crippen molar-refractivity contribution in [3.05, 3.63) is 35.4 Å². The molecule has 2 N–H and O–H groups in total. The van der Waals surface area contributed by atoms with E-state index in [0.717, 1.165) is 44.9 Å². The molecule has 0 bridgehead atoms. The smallest absolute Gasteiger partial charge is 0.408 e. The Morgan fingerprint density at radius 2 is 1.56 bits per heavy atom. The van der Waals surface area contributed by atoms with E-state index >= 15 is 0 Å². The van der Waals surface area contributed by atoms with Gasteiger partial charge in [0.05, 0.1) is 0 Å². The van der Waals surface area contributed by atoms with Crippen molar-refractivity contribution in [2.75, 3.05) is 19.6 Å². The van der Waals surface area contributed by atoms with Crippen LogP contribution in [0.4, 0.5) is 4.79 Å². The van der Waals surface area contributed by atoms with Crippen LogP contribution in [-0.2, 0) is 14.3 Å². The van der Waals surface area contributed by atoms with Gasteiger partial charge >= 0.3 is 6.09 Å². The maximum atomic E-state index is 13.4. The molecule has 1 aromatic carbocycles. The molecule has 0 aliphatic rings. The van der Waals surface area contributed by atoms with Crippen LogP contribution in [0.3, 0.4) is 0 Å². The Morgan fingerprint density at radius 3 is 2.14 bits per heavy atom. The summed E-state index contributed by atoms with van der Waals surface area (Å²) >= 11 is 0. The predicted molar refractivity (Wildman–Crippen MR) is 144 cm³/mol. The lowest BCUT2D eigenvalue weighted by Crippen LogP contribution is -2.48. The zero-order valence-corrected chi connectivity index (χ0v) is 22.8. The Balaban J connectivity index is 3.14. The van der Waals surface area contributed by atoms with Crippen LogP contribution in [0.15, 0.2) is 24.3 Å². The third kappa shape index (κ3) is 12.1. The van der Waals surface area contributed by atoms with Gasteiger partial charge in [-0.2, -0.15) is 0 Å². The number of carbonyl (C=O) groups excluding carboxylic acids is 3. The highest BCUT2D eigenvalue weighted by molar-refractivity contribution is 5.90. The normalized spacial score (nSPS) is 11.8. The third-order valence-corrected chi connectivity index (χ3v) is 5.64. The minimum Gasteiger partial charge on any atom is -0.444 e. The lowest BCUT2D eigenvalue weighted by molar-refractivity contribution is -0.140. The second kappa shape index (κ2) is 16.6. The number of alkyl carbamates (subject to hydrolysis) is 1. The molecule has 0 aliphatic carbocycles. The van der Waals surface area contributed by atoms with Gasteiger partial charge in [0.2, 0.25) is 11.8 Å². The lowest BCUT2D eigenvalue weighted by Gasteiger charge is -2.32. The Bertz CT molecular complexity index is 853. The number of rotatable bonds is 15. The first kappa shape index (κ1) is 31.0. The first-order valence-corrected chi connectivity index (χ1v) is 13.2. The predicted octanol–water partition coefficient (Wildman–Crippen LogP) is 5.34. The van der Waals surface area contributed by atoms with Gasteiger partial charge in [0.1, 0.15) is 18.2 Å². The molecule has 1 unspecified atom stereocenters. The van der Waals surface area contributed by atoms with E-state index in [9.17, 15) is 14.4 Å². The van der Waals surface area contributed by atoms with Crippen molar-refractivity contribution in [2.45, 2.75) is 97.6 Å². The number of nitrogens with one attached hydrogen (secondary N) is 2. The van der Waals surface area contributed by atoms with E-state index < -0.39 is 17.7 Å². The van der Waals surface area contributed by atoms with Crippen LogP contribution in [0.1, 0.15) is 103 Å². The summed E-state index contributed by atoms with van der Waals surface area (Å²) in [6, 6.07) is 6.31. The Morgan fingerprint density at radius 1 is 0.944 bits per heavy atom. The fourth-order valence-corrected chi connectivity index (χ4v) is 3.74. The van der Waals surface area contributed by atoms with Crippen LogP contribution in [0.2, 0.25) is 0 Å². The van der Waals surface area contributed by atoms with E-state index in [1.54, 1.807) is 49.9 Å². The van der Waals surface area contributed by atoms with E-state index in [1.807, 2.05) is 0 Å². The van der Waals surface area contributed by atoms with Gasteiger partial charge in [-0.1, -0.05) is 70.4 Å². The highest BCUT2D eigenvalue weighted by Gasteiger charge is 2.31. The highest BCUT2D eigenvalue weighted by atomic mass is 16.6. The third-order valence-electron chi connectivity index (χ3n) is 5.64. The molecule has 1 aromatic rings. The van der Waals surface area contributed by atoms with Crippen LogP contribution in [0, 0.1) is 12.3 Å². The molecule has 0 radical (unpaired) electrons. The van der Waals surface area contributed by atoms with Gasteiger partial charge in [-0.3, -0.25) is 9.59 Å². The Hall–Kier alpha value is -3.01. The number of carbonyl (C=O) groups is 3. The number of nitrogens with zero attached hydrogens (tertiary/aromatic N) is 1. The highest BCUT2D eigenvalue weighted by Crippen LogP contribution is 2.23. The summed E-state index contributed by atoms with van der Waals surface area (Å²) in [5.74, 6) is 2.00. The lowest BCUT2D eigenvalue weighted by atomic mass is 10.0. The summed E-state index contributed by atoms with van der Waals surface area (Å²) in [6.07, 6.45) is 12.9. The number of hydrogen-bond donors (Lipinski definition) is 2. The Kier molecular flexibility index (Phi) is 14.3. The van der Waals surface area contributed by atoms with E-state index in [0.29, 0.717) is 24.2 Å². The molecule has 36 heavy (non-hydrogen) atoms. The minimum absolute atomic E-state index is 0.242. The number of hydrogen-bond acceptors (Lipinski definition) is 4. The molecule has 0 heterocycles. The van der Waals surface area contributed by atoms with Crippen LogP contribution in [-0.4, -0.2) is 48.0 Å². The second-order valence-corrected chi connectivity index (χ2v) is 10.0. The molecule has 1 rings (SSSR count). The molecule has 200 valence electrons. The second-order valence-electron chi connectivity index (χ2n) is 10.0. The average Bonchev–Trinajstić information content (AvgIpc) is 2.83. The maximum Gasteiger partial charge on any atom is 0.408 e. The van der Waals surface area contributed by atoms with E-state index in [-0.39, 0.29) is 18.4 Å². The molecule has 1 atom stereocenters. The molecule has 0 aliphatic heterocycles. The van der Waals surface area contributed by atoms with Gasteiger partial charge < -0.3 is 20.3 Å². The molecule has 7 heteroatoms. The summed E-state index contributed by atoms with van der Waals surface area (Å²) in [5, 5.41) is 5.52. The summed E-state index contributed by atoms with van der Waals surface area (Å²) in [5.41, 5.74) is 0.704. The fourth-order valence-electron chi connectivity index (χ4n) is 3.74. The summed E-state index contributed by atoms with van der Waals surface area (Å²) < 4.78 is 5.27. The van der Waals surface area contributed by atoms with E-state index in [2.05, 4.69) is 30.4 Å². The largest absolute Gasteiger partial charge is 0.444 e. The Labute approximate surface area is 217 Å². The minimum atomic E-state index is -0.822. The molecule has 0 saturated carbocycles. The maximum absolute atomic E-state index is 13.4. The van der Waals surface area contributed by atoms with Gasteiger partial charge in [-0.25, -0.2) is 4.79 Å². The van der Waals surface area contributed by atoms with Gasteiger partial charge in [0, 0.05) is 18.7 Å². The molecule has 0 fully saturated rings. The van der Waals surface area contributed by atoms with Crippen molar-refractivity contribution in [2.24, 2.45) is 0 Å². The number of terminal acetylenes is 1. The molecule has 3 amide bonds. The SMILES string of the molecule is C#Cc1ccc(C(C(=O)NCCCC)N(CCCCCCCC)C(=O)CNC(=O)OC(C)(C)C)cc1. The molecule has 0 spiro atoms. The van der Waals surface area contributed by atoms with Crippen LogP contribution in [0.5, 0.6) is 0 Å². The summed E-state index contributed by atoms with van der Waals surface area (Å²) in [4.78, 5) is 40.5. The van der Waals surface area contributed by atoms with Crippen molar-refractivity contribution < 1.29 is 19.1 Å². The van der Waals surface area contributed by atoms with Gasteiger partial charge in [-0.15, -0.1) is 6.42 Å². The van der Waals surface area contributed by atoms with Crippen LogP contribution in [0.25, 0.3) is 0 Å². The van der Waals surface area contributed by atoms with Crippen molar-refractivity contribution >= 4 is 17.9 Å². The van der Waals surface area contributed by atoms with Gasteiger partial charge in [0.15, 0.2) is 0 Å². The zero-order chi connectivity index (χ0) is 27.0. The summed E-state index contributed by atoms with van der Waals surface area (Å²) in [7, 11) is 0. The molecule has 7 nitrogen and oxygen atoms in total. The van der Waals surface area contributed by atoms with E-state index in [4.69, 9.17) is 11.2 Å². The average molecular weight is 500 g/mol. The van der Waals surface area contributed by atoms with Crippen LogP contribution < -0.4 is 10.6 Å². The van der Waals surface area contributed by atoms with Crippen molar-refractivity contribution in [1.29, 1.82) is 0 Å². The first-order valence-electron chi connectivity index (χ1n) is 13.2. The quantitative estimate of drug-likeness (QED) is 0.252. The standard InChI is InChI=1S/C29H45N3O4/c1-7-10-12-13-14-15-21-32(25(33)22-31-28(35)36-29(4,5)6)26(27(34)30-20-11-8-2)24-18-16-23(9-3)17-19-24/h3,16-19,26H,7-8,10-15,20-22H2,1-2,4-6H3,(H,30,34)(H,31,35). The first-order chi connectivity index (χ1) is 17.1. The molecule has 0 aromatic heterocycles. The number of amides is 3.